The predicted molar refractivity (Wildman–Crippen MR) is 145 cm³/mol. The van der Waals surface area contributed by atoms with Crippen LogP contribution in [0.1, 0.15) is 29.5 Å². The number of piperidine rings is 1. The summed E-state index contributed by atoms with van der Waals surface area (Å²) in [5, 5.41) is 11.5. The van der Waals surface area contributed by atoms with Gasteiger partial charge in [0.25, 0.3) is 11.1 Å². The van der Waals surface area contributed by atoms with E-state index in [1.807, 2.05) is 37.3 Å². The number of likely N-dealkylation sites (tertiary alicyclic amines) is 1. The van der Waals surface area contributed by atoms with Crippen LogP contribution in [0.4, 0.5) is 9.59 Å². The molecule has 2 aliphatic rings. The summed E-state index contributed by atoms with van der Waals surface area (Å²) in [4.78, 5) is 45.3. The maximum atomic E-state index is 11.8. The van der Waals surface area contributed by atoms with Gasteiger partial charge in [-0.2, -0.15) is 0 Å². The summed E-state index contributed by atoms with van der Waals surface area (Å²) < 4.78 is 12.2. The van der Waals surface area contributed by atoms with E-state index in [0.29, 0.717) is 53.8 Å². The third-order valence-corrected chi connectivity index (χ3v) is 7.34. The minimum Gasteiger partial charge on any atom is -0.474 e. The van der Waals surface area contributed by atoms with Gasteiger partial charge in [0, 0.05) is 25.4 Å². The van der Waals surface area contributed by atoms with E-state index in [1.165, 1.54) is 11.2 Å². The molecule has 2 aromatic carbocycles. The van der Waals surface area contributed by atoms with Gasteiger partial charge in [-0.1, -0.05) is 42.5 Å². The second-order valence-corrected chi connectivity index (χ2v) is 10.2. The molecule has 39 heavy (non-hydrogen) atoms. The maximum absolute atomic E-state index is 11.8. The zero-order chi connectivity index (χ0) is 27.4. The molecule has 200 valence electrons. The molecular weight excluding hydrogens is 520 g/mol. The van der Waals surface area contributed by atoms with Gasteiger partial charge in [0.15, 0.2) is 0 Å². The largest absolute Gasteiger partial charge is 0.474 e. The number of carbonyl (C=O) groups is 3. The van der Waals surface area contributed by atoms with Crippen molar-refractivity contribution in [1.82, 2.24) is 20.2 Å². The number of nitrogens with zero attached hydrogens (tertiary/aromatic N) is 3. The normalized spacial score (nSPS) is 20.1. The van der Waals surface area contributed by atoms with Crippen LogP contribution in [-0.4, -0.2) is 55.9 Å². The lowest BCUT2D eigenvalue weighted by Crippen LogP contribution is -2.49. The van der Waals surface area contributed by atoms with E-state index in [4.69, 9.17) is 9.47 Å². The molecule has 2 fully saturated rings. The molecule has 2 aliphatic heterocycles. The van der Waals surface area contributed by atoms with Crippen molar-refractivity contribution in [2.75, 3.05) is 6.54 Å². The number of rotatable bonds is 7. The van der Waals surface area contributed by atoms with Gasteiger partial charge < -0.3 is 19.5 Å². The Kier molecular flexibility index (Phi) is 7.78. The number of hydrogen-bond donors (Lipinski definition) is 2. The highest BCUT2D eigenvalue weighted by Crippen LogP contribution is 2.31. The minimum atomic E-state index is -0.927. The van der Waals surface area contributed by atoms with Gasteiger partial charge >= 0.3 is 6.09 Å². The lowest BCUT2D eigenvalue weighted by Gasteiger charge is -2.37. The van der Waals surface area contributed by atoms with Crippen molar-refractivity contribution in [3.8, 4) is 17.5 Å². The van der Waals surface area contributed by atoms with Crippen LogP contribution < -0.4 is 14.8 Å². The first-order valence-electron chi connectivity index (χ1n) is 12.4. The highest BCUT2D eigenvalue weighted by atomic mass is 32.2. The molecular formula is C28H26N4O6S. The van der Waals surface area contributed by atoms with E-state index in [2.05, 4.69) is 15.3 Å². The van der Waals surface area contributed by atoms with E-state index in [-0.39, 0.29) is 17.4 Å². The number of benzene rings is 2. The Balaban J connectivity index is 1.25. The lowest BCUT2D eigenvalue weighted by atomic mass is 9.94. The fourth-order valence-electron chi connectivity index (χ4n) is 4.57. The lowest BCUT2D eigenvalue weighted by molar-refractivity contribution is -0.115. The second-order valence-electron chi connectivity index (χ2n) is 9.22. The van der Waals surface area contributed by atoms with Gasteiger partial charge in [-0.3, -0.25) is 14.9 Å². The Morgan fingerprint density at radius 3 is 2.56 bits per heavy atom. The third kappa shape index (κ3) is 6.37. The van der Waals surface area contributed by atoms with E-state index in [1.54, 1.807) is 30.3 Å². The molecule has 2 saturated heterocycles. The van der Waals surface area contributed by atoms with Crippen LogP contribution in [0, 0.1) is 6.92 Å². The van der Waals surface area contributed by atoms with Crippen LogP contribution in [0.15, 0.2) is 65.8 Å². The highest BCUT2D eigenvalue weighted by molar-refractivity contribution is 8.18. The van der Waals surface area contributed by atoms with E-state index >= 15 is 0 Å². The fraction of sp³-hybridized carbons (Fsp3) is 0.250. The summed E-state index contributed by atoms with van der Waals surface area (Å²) in [6.07, 6.45) is 3.57. The van der Waals surface area contributed by atoms with E-state index in [9.17, 15) is 19.5 Å². The summed E-state index contributed by atoms with van der Waals surface area (Å²) in [7, 11) is 0. The summed E-state index contributed by atoms with van der Waals surface area (Å²) >= 11 is 0.862. The summed E-state index contributed by atoms with van der Waals surface area (Å²) in [5.41, 5.74) is 2.45. The number of aromatic nitrogens is 2. The first-order chi connectivity index (χ1) is 18.9. The Labute approximate surface area is 229 Å². The third-order valence-electron chi connectivity index (χ3n) is 6.53. The molecule has 0 saturated carbocycles. The van der Waals surface area contributed by atoms with Crippen LogP contribution in [0.3, 0.4) is 0 Å². The molecule has 11 heteroatoms. The number of nitrogens with one attached hydrogen (secondary N) is 1. The van der Waals surface area contributed by atoms with Crippen molar-refractivity contribution in [2.24, 2.45) is 0 Å². The van der Waals surface area contributed by atoms with Crippen molar-refractivity contribution in [2.45, 2.75) is 38.3 Å². The number of thioether (sulfide) groups is 1. The van der Waals surface area contributed by atoms with Gasteiger partial charge in [0.2, 0.25) is 11.8 Å². The standard InChI is InChI=1S/C28H26N4O6S/c1-17-25(37-21-9-7-19(8-10-21)14-23-24(33)31-27(34)39-23)29-16-30-26(17)38-22-11-12-32(28(35)36)20(15-22)13-18-5-3-2-4-6-18/h2-10,14,16,20,22H,11-13,15H2,1H3,(H,35,36)(H,31,33,34)/b23-14-. The van der Waals surface area contributed by atoms with E-state index in [0.717, 1.165) is 22.9 Å². The summed E-state index contributed by atoms with van der Waals surface area (Å²) in [5.74, 6) is 0.852. The SMILES string of the molecule is Cc1c(Oc2ccc(/C=C3\SC(=O)NC3=O)cc2)ncnc1OC1CCN(C(=O)O)C(Cc2ccccc2)C1. The Morgan fingerprint density at radius 1 is 1.13 bits per heavy atom. The number of ether oxygens (including phenoxy) is 2. The molecule has 0 bridgehead atoms. The number of amides is 3. The van der Waals surface area contributed by atoms with Gasteiger partial charge in [0.1, 0.15) is 18.2 Å². The molecule has 0 aliphatic carbocycles. The zero-order valence-electron chi connectivity index (χ0n) is 21.1. The van der Waals surface area contributed by atoms with Crippen molar-refractivity contribution >= 4 is 35.1 Å². The Bertz CT molecular complexity index is 1410. The van der Waals surface area contributed by atoms with Crippen molar-refractivity contribution in [1.29, 1.82) is 0 Å². The predicted octanol–water partition coefficient (Wildman–Crippen LogP) is 5.03. The minimum absolute atomic E-state index is 0.207. The molecule has 1 aromatic heterocycles. The molecule has 3 aromatic rings. The van der Waals surface area contributed by atoms with Gasteiger partial charge in [-0.05, 0) is 54.4 Å². The van der Waals surface area contributed by atoms with Gasteiger partial charge in [-0.15, -0.1) is 0 Å². The van der Waals surface area contributed by atoms with Gasteiger partial charge in [0.05, 0.1) is 10.5 Å². The summed E-state index contributed by atoms with van der Waals surface area (Å²) in [6.45, 7) is 2.19. The molecule has 0 radical (unpaired) electrons. The van der Waals surface area contributed by atoms with E-state index < -0.39 is 12.0 Å². The first-order valence-corrected chi connectivity index (χ1v) is 13.2. The molecule has 2 atom stereocenters. The molecule has 5 rings (SSSR count). The number of imide groups is 1. The topological polar surface area (TPSA) is 131 Å². The van der Waals surface area contributed by atoms with Crippen LogP contribution >= 0.6 is 11.8 Å². The second kappa shape index (κ2) is 11.6. The Morgan fingerprint density at radius 2 is 1.87 bits per heavy atom. The molecule has 0 spiro atoms. The maximum Gasteiger partial charge on any atom is 0.407 e. The number of hydrogen-bond acceptors (Lipinski definition) is 8. The average molecular weight is 547 g/mol. The van der Waals surface area contributed by atoms with Crippen LogP contribution in [0.5, 0.6) is 17.5 Å². The molecule has 2 unspecified atom stereocenters. The van der Waals surface area contributed by atoms with Crippen molar-refractivity contribution < 1.29 is 29.0 Å². The number of carboxylic acid groups (broad SMARTS) is 1. The highest BCUT2D eigenvalue weighted by Gasteiger charge is 2.33. The summed E-state index contributed by atoms with van der Waals surface area (Å²) in [6, 6.07) is 16.6. The molecule has 10 nitrogen and oxygen atoms in total. The zero-order valence-corrected chi connectivity index (χ0v) is 21.9. The van der Waals surface area contributed by atoms with Gasteiger partial charge in [-0.25, -0.2) is 14.8 Å². The first kappa shape index (κ1) is 26.2. The quantitative estimate of drug-likeness (QED) is 0.392. The average Bonchev–Trinajstić information content (AvgIpc) is 3.24. The number of carbonyl (C=O) groups excluding carboxylic acids is 2. The monoisotopic (exact) mass is 546 g/mol. The van der Waals surface area contributed by atoms with Crippen LogP contribution in [-0.2, 0) is 11.2 Å². The van der Waals surface area contributed by atoms with Crippen molar-refractivity contribution in [3.63, 3.8) is 0 Å². The fourth-order valence-corrected chi connectivity index (χ4v) is 5.25. The molecule has 2 N–H and O–H groups in total. The van der Waals surface area contributed by atoms with Crippen LogP contribution in [0.25, 0.3) is 6.08 Å². The smallest absolute Gasteiger partial charge is 0.407 e. The molecule has 3 heterocycles. The van der Waals surface area contributed by atoms with Crippen molar-refractivity contribution in [3.05, 3.63) is 82.5 Å². The van der Waals surface area contributed by atoms with Crippen LogP contribution in [0.2, 0.25) is 0 Å². The Hall–Kier alpha value is -4.38. The molecule has 3 amide bonds.